The van der Waals surface area contributed by atoms with Gasteiger partial charge in [0.1, 0.15) is 5.76 Å². The van der Waals surface area contributed by atoms with Gasteiger partial charge in [-0.1, -0.05) is 20.8 Å². The van der Waals surface area contributed by atoms with Crippen LogP contribution in [0, 0.1) is 5.92 Å². The van der Waals surface area contributed by atoms with Crippen molar-refractivity contribution in [3.05, 3.63) is 17.8 Å². The number of carbonyl (C=O) groups excluding carboxylic acids is 1. The number of nitrogens with zero attached hydrogens (tertiary/aromatic N) is 2. The van der Waals surface area contributed by atoms with Crippen molar-refractivity contribution in [3.8, 4) is 0 Å². The molecule has 2 unspecified atom stereocenters. The van der Waals surface area contributed by atoms with Crippen molar-refractivity contribution in [2.75, 3.05) is 6.54 Å². The second kappa shape index (κ2) is 6.72. The van der Waals surface area contributed by atoms with E-state index in [0.29, 0.717) is 31.7 Å². The van der Waals surface area contributed by atoms with Gasteiger partial charge in [-0.2, -0.15) is 0 Å². The van der Waals surface area contributed by atoms with E-state index in [0.717, 1.165) is 12.2 Å². The molecular weight excluding hydrogens is 296 g/mol. The number of likely N-dealkylation sites (tertiary alicyclic amines) is 1. The molecule has 1 aromatic rings. The molecule has 1 aliphatic heterocycles. The Bertz CT molecular complexity index is 573. The van der Waals surface area contributed by atoms with Crippen LogP contribution in [-0.4, -0.2) is 39.5 Å². The van der Waals surface area contributed by atoms with Gasteiger partial charge in [0.05, 0.1) is 12.1 Å². The Morgan fingerprint density at radius 1 is 1.39 bits per heavy atom. The molecule has 0 bridgehead atoms. The molecule has 1 N–H and O–H groups in total. The number of carbonyl (C=O) groups is 2. The average molecular weight is 322 g/mol. The monoisotopic (exact) mass is 322 g/mol. The number of piperidine rings is 1. The van der Waals surface area contributed by atoms with E-state index in [1.54, 1.807) is 11.1 Å². The van der Waals surface area contributed by atoms with Crippen molar-refractivity contribution < 1.29 is 19.1 Å². The molecule has 6 nitrogen and oxygen atoms in total. The minimum Gasteiger partial charge on any atom is -0.481 e. The fourth-order valence-corrected chi connectivity index (χ4v) is 2.79. The van der Waals surface area contributed by atoms with Gasteiger partial charge in [-0.05, 0) is 19.8 Å². The molecule has 0 aliphatic carbocycles. The van der Waals surface area contributed by atoms with Crippen LogP contribution < -0.4 is 0 Å². The van der Waals surface area contributed by atoms with E-state index < -0.39 is 11.9 Å². The van der Waals surface area contributed by atoms with Crippen molar-refractivity contribution in [1.82, 2.24) is 9.88 Å². The molecule has 1 saturated heterocycles. The molecule has 6 heteroatoms. The smallest absolute Gasteiger partial charge is 0.308 e. The van der Waals surface area contributed by atoms with Crippen LogP contribution in [0.3, 0.4) is 0 Å². The van der Waals surface area contributed by atoms with Crippen LogP contribution in [0.15, 0.2) is 10.6 Å². The summed E-state index contributed by atoms with van der Waals surface area (Å²) in [6.07, 6.45) is 3.81. The molecular formula is C17H26N2O4. The molecule has 1 amide bonds. The fourth-order valence-electron chi connectivity index (χ4n) is 2.79. The van der Waals surface area contributed by atoms with Gasteiger partial charge in [0.2, 0.25) is 5.91 Å². The molecule has 23 heavy (non-hydrogen) atoms. The summed E-state index contributed by atoms with van der Waals surface area (Å²) in [6, 6.07) is 0.0906. The summed E-state index contributed by atoms with van der Waals surface area (Å²) in [5.41, 5.74) is -0.106. The Morgan fingerprint density at radius 2 is 2.09 bits per heavy atom. The lowest BCUT2D eigenvalue weighted by molar-refractivity contribution is -0.147. The zero-order valence-corrected chi connectivity index (χ0v) is 14.3. The normalized spacial score (nSPS) is 22.2. The molecule has 0 spiro atoms. The van der Waals surface area contributed by atoms with Crippen LogP contribution >= 0.6 is 0 Å². The fraction of sp³-hybridized carbons (Fsp3) is 0.706. The van der Waals surface area contributed by atoms with Crippen molar-refractivity contribution in [2.24, 2.45) is 5.92 Å². The number of carboxylic acid groups (broad SMARTS) is 1. The van der Waals surface area contributed by atoms with Gasteiger partial charge in [-0.15, -0.1) is 0 Å². The van der Waals surface area contributed by atoms with Gasteiger partial charge < -0.3 is 14.4 Å². The summed E-state index contributed by atoms with van der Waals surface area (Å²) >= 11 is 0. The topological polar surface area (TPSA) is 83.6 Å². The second-order valence-electron chi connectivity index (χ2n) is 7.38. The van der Waals surface area contributed by atoms with Crippen molar-refractivity contribution in [2.45, 2.75) is 64.8 Å². The van der Waals surface area contributed by atoms with E-state index in [1.165, 1.54) is 0 Å². The predicted molar refractivity (Wildman–Crippen MR) is 85.1 cm³/mol. The number of aromatic nitrogens is 1. The van der Waals surface area contributed by atoms with E-state index in [4.69, 9.17) is 9.52 Å². The Kier molecular flexibility index (Phi) is 5.12. The molecule has 0 saturated carbocycles. The predicted octanol–water partition coefficient (Wildman–Crippen LogP) is 2.62. The van der Waals surface area contributed by atoms with E-state index in [2.05, 4.69) is 4.98 Å². The molecule has 1 aliphatic rings. The molecule has 1 fully saturated rings. The molecule has 0 radical (unpaired) electrons. The molecule has 2 heterocycles. The van der Waals surface area contributed by atoms with Crippen molar-refractivity contribution in [3.63, 3.8) is 0 Å². The first-order valence-corrected chi connectivity index (χ1v) is 8.16. The summed E-state index contributed by atoms with van der Waals surface area (Å²) in [6.45, 7) is 8.41. The van der Waals surface area contributed by atoms with Crippen molar-refractivity contribution in [1.29, 1.82) is 0 Å². The van der Waals surface area contributed by atoms with Gasteiger partial charge in [-0.3, -0.25) is 9.59 Å². The first-order valence-electron chi connectivity index (χ1n) is 8.16. The maximum atomic E-state index is 12.4. The number of aryl methyl sites for hydroxylation is 1. The van der Waals surface area contributed by atoms with Gasteiger partial charge >= 0.3 is 5.97 Å². The molecule has 1 aromatic heterocycles. The van der Waals surface area contributed by atoms with Crippen molar-refractivity contribution >= 4 is 11.9 Å². The first kappa shape index (κ1) is 17.5. The SMILES string of the molecule is CC1CCC(C(=O)O)CN1C(=O)CCc1ncc(C(C)(C)C)o1. The third kappa shape index (κ3) is 4.33. The summed E-state index contributed by atoms with van der Waals surface area (Å²) < 4.78 is 5.70. The number of amides is 1. The molecule has 0 aromatic carbocycles. The zero-order chi connectivity index (χ0) is 17.2. The van der Waals surface area contributed by atoms with Crippen LogP contribution in [0.1, 0.15) is 58.6 Å². The Balaban J connectivity index is 1.93. The number of hydrogen-bond acceptors (Lipinski definition) is 4. The highest BCUT2D eigenvalue weighted by Crippen LogP contribution is 2.25. The second-order valence-corrected chi connectivity index (χ2v) is 7.38. The van der Waals surface area contributed by atoms with Gasteiger partial charge in [0, 0.05) is 30.8 Å². The Morgan fingerprint density at radius 3 is 2.65 bits per heavy atom. The maximum absolute atomic E-state index is 12.4. The molecule has 2 atom stereocenters. The zero-order valence-electron chi connectivity index (χ0n) is 14.3. The number of aliphatic carboxylic acids is 1. The number of hydrogen-bond donors (Lipinski definition) is 1. The number of rotatable bonds is 4. The summed E-state index contributed by atoms with van der Waals surface area (Å²) in [5.74, 6) is 0.0560. The van der Waals surface area contributed by atoms with Crippen LogP contribution in [0.5, 0.6) is 0 Å². The molecule has 2 rings (SSSR count). The average Bonchev–Trinajstić information content (AvgIpc) is 2.94. The lowest BCUT2D eigenvalue weighted by atomic mass is 9.93. The summed E-state index contributed by atoms with van der Waals surface area (Å²) in [5, 5.41) is 9.15. The van der Waals surface area contributed by atoms with Crippen LogP contribution in [0.25, 0.3) is 0 Å². The van der Waals surface area contributed by atoms with Crippen LogP contribution in [0.4, 0.5) is 0 Å². The summed E-state index contributed by atoms with van der Waals surface area (Å²) in [7, 11) is 0. The third-order valence-electron chi connectivity index (χ3n) is 4.40. The number of carboxylic acids is 1. The number of oxazole rings is 1. The van der Waals surface area contributed by atoms with Gasteiger partial charge in [0.25, 0.3) is 0 Å². The van der Waals surface area contributed by atoms with Crippen LogP contribution in [0.2, 0.25) is 0 Å². The Labute approximate surface area is 136 Å². The minimum absolute atomic E-state index is 0.0287. The minimum atomic E-state index is -0.822. The largest absolute Gasteiger partial charge is 0.481 e. The van der Waals surface area contributed by atoms with E-state index in [9.17, 15) is 9.59 Å². The standard InChI is InChI=1S/C17H26N2O4/c1-11-5-6-12(16(21)22)10-19(11)15(20)8-7-14-18-9-13(23-14)17(2,3)4/h9,11-12H,5-8,10H2,1-4H3,(H,21,22). The summed E-state index contributed by atoms with van der Waals surface area (Å²) in [4.78, 5) is 29.5. The highest BCUT2D eigenvalue weighted by atomic mass is 16.4. The lowest BCUT2D eigenvalue weighted by Gasteiger charge is -2.36. The van der Waals surface area contributed by atoms with E-state index in [1.807, 2.05) is 27.7 Å². The molecule has 128 valence electrons. The lowest BCUT2D eigenvalue weighted by Crippen LogP contribution is -2.47. The van der Waals surface area contributed by atoms with Gasteiger partial charge in [-0.25, -0.2) is 4.98 Å². The van der Waals surface area contributed by atoms with Gasteiger partial charge in [0.15, 0.2) is 5.89 Å². The highest BCUT2D eigenvalue weighted by molar-refractivity contribution is 5.78. The van der Waals surface area contributed by atoms with Crippen LogP contribution in [-0.2, 0) is 21.4 Å². The highest BCUT2D eigenvalue weighted by Gasteiger charge is 2.32. The maximum Gasteiger partial charge on any atom is 0.308 e. The van der Waals surface area contributed by atoms with E-state index >= 15 is 0 Å². The van der Waals surface area contributed by atoms with E-state index in [-0.39, 0.29) is 17.4 Å². The first-order chi connectivity index (χ1) is 10.7. The third-order valence-corrected chi connectivity index (χ3v) is 4.40. The quantitative estimate of drug-likeness (QED) is 0.921. The Hall–Kier alpha value is -1.85.